The van der Waals surface area contributed by atoms with Gasteiger partial charge < -0.3 is 24.0 Å². The van der Waals surface area contributed by atoms with Crippen LogP contribution in [0.1, 0.15) is 34.8 Å². The largest absolute Gasteiger partial charge is 0.493 e. The Morgan fingerprint density at radius 2 is 1.70 bits per heavy atom. The summed E-state index contributed by atoms with van der Waals surface area (Å²) in [4.78, 5) is 22.6. The first-order chi connectivity index (χ1) is 22.8. The molecule has 2 atom stereocenters. The maximum absolute atomic E-state index is 15.0. The van der Waals surface area contributed by atoms with Gasteiger partial charge in [0.15, 0.2) is 0 Å². The second-order valence-electron chi connectivity index (χ2n) is 11.6. The molecule has 0 radical (unpaired) electrons. The summed E-state index contributed by atoms with van der Waals surface area (Å²) in [6.07, 6.45) is 3.47. The van der Waals surface area contributed by atoms with Crippen molar-refractivity contribution < 1.29 is 27.8 Å². The molecule has 2 aliphatic heterocycles. The second-order valence-corrected chi connectivity index (χ2v) is 11.6. The molecule has 250 valence electrons. The van der Waals surface area contributed by atoms with Gasteiger partial charge in [-0.15, -0.1) is 0 Å². The van der Waals surface area contributed by atoms with Crippen LogP contribution in [0.2, 0.25) is 0 Å². The molecule has 12 heteroatoms. The number of anilines is 2. The number of aryl methyl sites for hydroxylation is 1. The highest BCUT2D eigenvalue weighted by molar-refractivity contribution is 14.1. The molecule has 9 nitrogen and oxygen atoms in total. The van der Waals surface area contributed by atoms with Crippen LogP contribution in [0.15, 0.2) is 73.3 Å². The number of benzene rings is 3. The van der Waals surface area contributed by atoms with Crippen LogP contribution < -0.4 is 14.5 Å². The van der Waals surface area contributed by atoms with E-state index in [0.717, 1.165) is 54.9 Å². The van der Waals surface area contributed by atoms with Gasteiger partial charge in [0, 0.05) is 55.1 Å². The molecule has 0 aliphatic carbocycles. The van der Waals surface area contributed by atoms with Gasteiger partial charge >= 0.3 is 5.97 Å². The average molecular weight is 760 g/mol. The zero-order valence-electron chi connectivity index (χ0n) is 26.9. The number of hydrogen-bond donors (Lipinski definition) is 0. The highest BCUT2D eigenvalue weighted by Crippen LogP contribution is 2.42. The van der Waals surface area contributed by atoms with Crippen LogP contribution in [0.4, 0.5) is 20.2 Å². The maximum atomic E-state index is 15.0. The molecule has 0 saturated carbocycles. The highest BCUT2D eigenvalue weighted by atomic mass is 127. The smallest absolute Gasteiger partial charge is 0.338 e. The van der Waals surface area contributed by atoms with Crippen LogP contribution in [0, 0.1) is 24.5 Å². The van der Waals surface area contributed by atoms with Gasteiger partial charge in [-0.05, 0) is 79.3 Å². The highest BCUT2D eigenvalue weighted by Gasteiger charge is 2.44. The number of hydrogen-bond acceptors (Lipinski definition) is 8. The van der Waals surface area contributed by atoms with E-state index in [9.17, 15) is 13.6 Å². The number of carbonyl (C=O) groups excluding carboxylic acids is 1. The van der Waals surface area contributed by atoms with Crippen molar-refractivity contribution in [1.82, 2.24) is 14.8 Å². The van der Waals surface area contributed by atoms with E-state index in [4.69, 9.17) is 14.2 Å². The van der Waals surface area contributed by atoms with Crippen LogP contribution in [0.25, 0.3) is 0 Å². The number of alkyl halides is 1. The van der Waals surface area contributed by atoms with E-state index in [-0.39, 0.29) is 18.4 Å². The summed E-state index contributed by atoms with van der Waals surface area (Å²) in [5, 5.41) is 4.18. The third-order valence-electron chi connectivity index (χ3n) is 8.54. The van der Waals surface area contributed by atoms with Gasteiger partial charge in [-0.2, -0.15) is 5.10 Å². The van der Waals surface area contributed by atoms with E-state index < -0.39 is 17.2 Å². The number of halogens is 3. The van der Waals surface area contributed by atoms with Crippen LogP contribution in [0.5, 0.6) is 5.75 Å². The first kappa shape index (κ1) is 34.6. The third kappa shape index (κ3) is 8.21. The molecule has 1 aromatic heterocycles. The lowest BCUT2D eigenvalue weighted by molar-refractivity contribution is -0.0206. The lowest BCUT2D eigenvalue weighted by Crippen LogP contribution is -2.46. The Kier molecular flexibility index (Phi) is 11.7. The van der Waals surface area contributed by atoms with Crippen molar-refractivity contribution in [2.45, 2.75) is 32.4 Å². The molecule has 0 spiro atoms. The quantitative estimate of drug-likeness (QED) is 0.104. The molecule has 0 N–H and O–H groups in total. The van der Waals surface area contributed by atoms with Crippen molar-refractivity contribution >= 4 is 39.9 Å². The van der Waals surface area contributed by atoms with Gasteiger partial charge in [-0.1, -0.05) is 28.7 Å². The molecular weight excluding hydrogens is 719 g/mol. The van der Waals surface area contributed by atoms with Crippen molar-refractivity contribution in [3.63, 3.8) is 0 Å². The summed E-state index contributed by atoms with van der Waals surface area (Å²) in [6.45, 7) is 8.69. The maximum Gasteiger partial charge on any atom is 0.338 e. The standard InChI is InChI=1S/C34H37F2N5O4.CH3I/c1-3-43-33(42)26-4-7-28(8-5-26)39-12-14-40(15-13-39)29-9-11-32(24(2)16-29)44-19-25-18-34(45-20-25,21-41-23-37-22-38-41)30-10-6-27(35)17-31(30)36;1-2/h4-11,16-17,22-23,25H,3,12-15,18-21H2,1-2H3;1H3/t25-,34+;/m1./s1. The molecule has 2 aliphatic rings. The van der Waals surface area contributed by atoms with Gasteiger partial charge in [0.05, 0.1) is 31.9 Å². The number of carbonyl (C=O) groups is 1. The molecule has 2 saturated heterocycles. The minimum absolute atomic E-state index is 0.00325. The Balaban J connectivity index is 0.00000213. The molecule has 0 unspecified atom stereocenters. The monoisotopic (exact) mass is 759 g/mol. The summed E-state index contributed by atoms with van der Waals surface area (Å²) >= 11 is 2.15. The van der Waals surface area contributed by atoms with Crippen molar-refractivity contribution in [3.8, 4) is 5.75 Å². The fraction of sp³-hybridized carbons (Fsp3) is 0.400. The van der Waals surface area contributed by atoms with E-state index in [2.05, 4.69) is 54.6 Å². The summed E-state index contributed by atoms with van der Waals surface area (Å²) in [5.41, 5.74) is 3.11. The fourth-order valence-corrected chi connectivity index (χ4v) is 6.23. The van der Waals surface area contributed by atoms with E-state index in [0.29, 0.717) is 37.4 Å². The Bertz CT molecular complexity index is 1620. The number of ether oxygens (including phenoxy) is 3. The Labute approximate surface area is 288 Å². The molecule has 6 rings (SSSR count). The number of esters is 1. The SMILES string of the molecule is CCOC(=O)c1ccc(N2CCN(c3ccc(OC[C@@H]4CO[C@@](Cn5cncn5)(c5ccc(F)cc5F)C4)c(C)c3)CC2)cc1.CI. The van der Waals surface area contributed by atoms with Crippen LogP contribution in [-0.2, 0) is 21.6 Å². The number of nitrogens with zero attached hydrogens (tertiary/aromatic N) is 5. The molecule has 3 aromatic carbocycles. The minimum atomic E-state index is -1.01. The lowest BCUT2D eigenvalue weighted by atomic mass is 9.87. The predicted octanol–water partition coefficient (Wildman–Crippen LogP) is 6.43. The van der Waals surface area contributed by atoms with Crippen LogP contribution in [0.3, 0.4) is 0 Å². The van der Waals surface area contributed by atoms with Gasteiger partial charge in [0.25, 0.3) is 0 Å². The number of piperazine rings is 1. The van der Waals surface area contributed by atoms with Crippen molar-refractivity contribution in [2.24, 2.45) is 5.92 Å². The Morgan fingerprint density at radius 1 is 1.00 bits per heavy atom. The first-order valence-corrected chi connectivity index (χ1v) is 17.8. The summed E-state index contributed by atoms with van der Waals surface area (Å²) in [7, 11) is 0. The topological polar surface area (TPSA) is 82.0 Å². The molecule has 0 amide bonds. The molecule has 4 aromatic rings. The molecule has 2 fully saturated rings. The predicted molar refractivity (Wildman–Crippen MR) is 186 cm³/mol. The summed E-state index contributed by atoms with van der Waals surface area (Å²) in [5.74, 6) is -0.786. The van der Waals surface area contributed by atoms with Crippen LogP contribution in [-0.4, -0.2) is 71.7 Å². The minimum Gasteiger partial charge on any atom is -0.493 e. The number of aromatic nitrogens is 3. The van der Waals surface area contributed by atoms with Gasteiger partial charge in [-0.3, -0.25) is 0 Å². The normalized spacial score (nSPS) is 19.2. The first-order valence-electron chi connectivity index (χ1n) is 15.6. The second kappa shape index (κ2) is 15.9. The molecule has 47 heavy (non-hydrogen) atoms. The van der Waals surface area contributed by atoms with E-state index in [1.807, 2.05) is 42.2 Å². The lowest BCUT2D eigenvalue weighted by Gasteiger charge is -2.37. The number of rotatable bonds is 10. The fourth-order valence-electron chi connectivity index (χ4n) is 6.23. The van der Waals surface area contributed by atoms with Gasteiger partial charge in [0.1, 0.15) is 35.6 Å². The zero-order valence-corrected chi connectivity index (χ0v) is 29.0. The zero-order chi connectivity index (χ0) is 33.4. The van der Waals surface area contributed by atoms with Crippen molar-refractivity contribution in [2.75, 3.05) is 60.7 Å². The van der Waals surface area contributed by atoms with E-state index in [1.165, 1.54) is 18.5 Å². The molecule has 0 bridgehead atoms. The van der Waals surface area contributed by atoms with Gasteiger partial charge in [-0.25, -0.2) is 23.2 Å². The Hall–Kier alpha value is -3.78. The third-order valence-corrected chi connectivity index (χ3v) is 8.54. The van der Waals surface area contributed by atoms with E-state index in [1.54, 1.807) is 17.9 Å². The average Bonchev–Trinajstić information content (AvgIpc) is 3.76. The Morgan fingerprint density at radius 3 is 2.34 bits per heavy atom. The van der Waals surface area contributed by atoms with Crippen molar-refractivity contribution in [1.29, 1.82) is 0 Å². The molecule has 3 heterocycles. The molecular formula is C35H40F2IN5O4. The van der Waals surface area contributed by atoms with Crippen molar-refractivity contribution in [3.05, 3.63) is 102 Å². The summed E-state index contributed by atoms with van der Waals surface area (Å²) in [6, 6.07) is 17.4. The summed E-state index contributed by atoms with van der Waals surface area (Å²) < 4.78 is 47.9. The van der Waals surface area contributed by atoms with Crippen LogP contribution >= 0.6 is 22.6 Å². The van der Waals surface area contributed by atoms with Gasteiger partial charge in [0.2, 0.25) is 0 Å². The van der Waals surface area contributed by atoms with E-state index >= 15 is 0 Å².